The highest BCUT2D eigenvalue weighted by molar-refractivity contribution is 5.99. The van der Waals surface area contributed by atoms with Gasteiger partial charge in [0.25, 0.3) is 5.91 Å². The number of halogens is 6. The number of methoxy groups -OCH3 is 1. The summed E-state index contributed by atoms with van der Waals surface area (Å²) in [5.74, 6) is -3.48. The second-order valence-corrected chi connectivity index (χ2v) is 7.52. The monoisotopic (exact) mass is 558 g/mol. The Morgan fingerprint density at radius 2 is 1.56 bits per heavy atom. The molecule has 2 aromatic carbocycles. The third kappa shape index (κ3) is 9.21. The molecule has 39 heavy (non-hydrogen) atoms. The van der Waals surface area contributed by atoms with Gasteiger partial charge < -0.3 is 26.2 Å². The number of carboxylic acid groups (broad SMARTS) is 1. The van der Waals surface area contributed by atoms with Crippen LogP contribution in [0, 0.1) is 0 Å². The van der Waals surface area contributed by atoms with Gasteiger partial charge in [0, 0.05) is 12.3 Å². The fourth-order valence-electron chi connectivity index (χ4n) is 2.92. The number of rotatable bonds is 7. The van der Waals surface area contributed by atoms with E-state index in [9.17, 15) is 35.9 Å². The molecule has 0 aliphatic rings. The molecule has 0 saturated heterocycles. The van der Waals surface area contributed by atoms with Crippen molar-refractivity contribution in [3.63, 3.8) is 0 Å². The highest BCUT2D eigenvalue weighted by Gasteiger charge is 2.38. The number of aliphatic carboxylic acids is 1. The molecule has 0 radical (unpaired) electrons. The van der Waals surface area contributed by atoms with Crippen molar-refractivity contribution in [3.8, 4) is 5.75 Å². The standard InChI is InChI=1S/C22H19F3N4O3.C2HF3O2/c1-32-14-8-6-13(7-9-14)10-20(30)29-19-11-18(16(12-27-19)22(23,24)25)28-17-5-3-2-4-15(17)21(26)31;3-2(4,5)1(6)7/h2-9,11-12H,10H2,1H3,(H2,26,31)(H2,27,28,29,30);(H,6,7). The molecule has 0 atom stereocenters. The number of aromatic nitrogens is 1. The van der Waals surface area contributed by atoms with E-state index in [0.29, 0.717) is 17.5 Å². The first-order valence-electron chi connectivity index (χ1n) is 10.6. The zero-order valence-electron chi connectivity index (χ0n) is 19.9. The quantitative estimate of drug-likeness (QED) is 0.306. The minimum atomic E-state index is -5.08. The molecule has 0 unspecified atom stereocenters. The first-order valence-corrected chi connectivity index (χ1v) is 10.6. The number of hydrogen-bond acceptors (Lipinski definition) is 6. The van der Waals surface area contributed by atoms with Gasteiger partial charge in [0.2, 0.25) is 5.91 Å². The molecule has 5 N–H and O–H groups in total. The number of nitrogens with two attached hydrogens (primary N) is 1. The van der Waals surface area contributed by atoms with E-state index in [1.54, 1.807) is 30.3 Å². The second kappa shape index (κ2) is 12.6. The SMILES string of the molecule is COc1ccc(CC(=O)Nc2cc(Nc3ccccc3C(N)=O)c(C(F)(F)F)cn2)cc1.O=C(O)C(F)(F)F. The zero-order chi connectivity index (χ0) is 29.4. The Kier molecular flexibility index (Phi) is 9.84. The van der Waals surface area contributed by atoms with Crippen molar-refractivity contribution in [1.29, 1.82) is 0 Å². The van der Waals surface area contributed by atoms with Crippen LogP contribution >= 0.6 is 0 Å². The third-order valence-electron chi connectivity index (χ3n) is 4.70. The maximum atomic E-state index is 13.5. The minimum absolute atomic E-state index is 0.0139. The molecule has 0 saturated carbocycles. The Hall–Kier alpha value is -4.82. The number of amides is 2. The topological polar surface area (TPSA) is 144 Å². The predicted molar refractivity (Wildman–Crippen MR) is 127 cm³/mol. The summed E-state index contributed by atoms with van der Waals surface area (Å²) in [7, 11) is 1.52. The molecule has 2 amide bonds. The summed E-state index contributed by atoms with van der Waals surface area (Å²) in [6.45, 7) is 0. The maximum absolute atomic E-state index is 13.5. The molecule has 0 fully saturated rings. The van der Waals surface area contributed by atoms with E-state index in [2.05, 4.69) is 15.6 Å². The van der Waals surface area contributed by atoms with Crippen LogP contribution in [0.1, 0.15) is 21.5 Å². The molecular weight excluding hydrogens is 538 g/mol. The van der Waals surface area contributed by atoms with Gasteiger partial charge in [0.05, 0.1) is 36.0 Å². The number of carboxylic acids is 1. The average molecular weight is 558 g/mol. The van der Waals surface area contributed by atoms with E-state index in [4.69, 9.17) is 20.4 Å². The van der Waals surface area contributed by atoms with E-state index in [1.807, 2.05) is 0 Å². The van der Waals surface area contributed by atoms with E-state index >= 15 is 0 Å². The van der Waals surface area contributed by atoms with Crippen LogP contribution in [0.25, 0.3) is 0 Å². The van der Waals surface area contributed by atoms with Crippen LogP contribution in [0.2, 0.25) is 0 Å². The lowest BCUT2D eigenvalue weighted by molar-refractivity contribution is -0.192. The fourth-order valence-corrected chi connectivity index (χ4v) is 2.92. The van der Waals surface area contributed by atoms with E-state index in [-0.39, 0.29) is 29.2 Å². The lowest BCUT2D eigenvalue weighted by Gasteiger charge is -2.17. The number of benzene rings is 2. The number of hydrogen-bond donors (Lipinski definition) is 4. The largest absolute Gasteiger partial charge is 0.497 e. The van der Waals surface area contributed by atoms with Crippen molar-refractivity contribution < 1.29 is 50.6 Å². The number of anilines is 3. The van der Waals surface area contributed by atoms with Crippen LogP contribution in [0.4, 0.5) is 43.5 Å². The molecule has 0 bridgehead atoms. The lowest BCUT2D eigenvalue weighted by Crippen LogP contribution is -2.21. The van der Waals surface area contributed by atoms with E-state index in [1.165, 1.54) is 25.3 Å². The number of para-hydroxylation sites is 1. The van der Waals surface area contributed by atoms with E-state index < -0.39 is 35.7 Å². The normalized spacial score (nSPS) is 11.1. The summed E-state index contributed by atoms with van der Waals surface area (Å²) < 4.78 is 77.2. The molecular formula is C24H20F6N4O5. The summed E-state index contributed by atoms with van der Waals surface area (Å²) >= 11 is 0. The lowest BCUT2D eigenvalue weighted by atomic mass is 10.1. The van der Waals surface area contributed by atoms with Crippen LogP contribution in [-0.4, -0.2) is 41.2 Å². The summed E-state index contributed by atoms with van der Waals surface area (Å²) in [4.78, 5) is 36.6. The van der Waals surface area contributed by atoms with Gasteiger partial charge in [-0.15, -0.1) is 0 Å². The van der Waals surface area contributed by atoms with Gasteiger partial charge in [-0.1, -0.05) is 24.3 Å². The highest BCUT2D eigenvalue weighted by atomic mass is 19.4. The Balaban J connectivity index is 0.000000673. The van der Waals surface area contributed by atoms with E-state index in [0.717, 1.165) is 6.07 Å². The van der Waals surface area contributed by atoms with Crippen molar-refractivity contribution in [2.75, 3.05) is 17.7 Å². The van der Waals surface area contributed by atoms with Gasteiger partial charge in [-0.3, -0.25) is 9.59 Å². The molecule has 0 aliphatic heterocycles. The van der Waals surface area contributed by atoms with Crippen molar-refractivity contribution in [1.82, 2.24) is 4.98 Å². The maximum Gasteiger partial charge on any atom is 0.490 e. The molecule has 0 aliphatic carbocycles. The Bertz CT molecular complexity index is 1330. The molecule has 1 heterocycles. The number of carbonyl (C=O) groups excluding carboxylic acids is 2. The van der Waals surface area contributed by atoms with Gasteiger partial charge in [-0.2, -0.15) is 26.3 Å². The van der Waals surface area contributed by atoms with Gasteiger partial charge in [-0.25, -0.2) is 9.78 Å². The Morgan fingerprint density at radius 3 is 2.08 bits per heavy atom. The smallest absolute Gasteiger partial charge is 0.490 e. The second-order valence-electron chi connectivity index (χ2n) is 7.52. The Labute approximate surface area is 216 Å². The summed E-state index contributed by atoms with van der Waals surface area (Å²) in [6, 6.07) is 13.7. The first-order chi connectivity index (χ1) is 18.1. The van der Waals surface area contributed by atoms with Crippen molar-refractivity contribution in [2.24, 2.45) is 5.73 Å². The van der Waals surface area contributed by atoms with Crippen LogP contribution in [-0.2, 0) is 22.2 Å². The first kappa shape index (κ1) is 30.4. The third-order valence-corrected chi connectivity index (χ3v) is 4.70. The number of alkyl halides is 6. The van der Waals surface area contributed by atoms with Crippen molar-refractivity contribution in [3.05, 3.63) is 77.5 Å². The summed E-state index contributed by atoms with van der Waals surface area (Å²) in [5, 5.41) is 12.2. The van der Waals surface area contributed by atoms with Crippen LogP contribution in [0.3, 0.4) is 0 Å². The molecule has 208 valence electrons. The minimum Gasteiger partial charge on any atom is -0.497 e. The number of primary amides is 1. The molecule has 3 aromatic rings. The molecule has 1 aromatic heterocycles. The summed E-state index contributed by atoms with van der Waals surface area (Å²) in [5.41, 5.74) is 4.64. The van der Waals surface area contributed by atoms with Gasteiger partial charge in [-0.05, 0) is 29.8 Å². The van der Waals surface area contributed by atoms with Gasteiger partial charge in [0.15, 0.2) is 0 Å². The van der Waals surface area contributed by atoms with Crippen LogP contribution < -0.4 is 21.1 Å². The zero-order valence-corrected chi connectivity index (χ0v) is 19.9. The number of ether oxygens (including phenoxy) is 1. The highest BCUT2D eigenvalue weighted by Crippen LogP contribution is 2.37. The van der Waals surface area contributed by atoms with Crippen molar-refractivity contribution in [2.45, 2.75) is 18.8 Å². The number of nitrogens with one attached hydrogen (secondary N) is 2. The molecule has 3 rings (SSSR count). The number of pyridine rings is 1. The summed E-state index contributed by atoms with van der Waals surface area (Å²) in [6.07, 6.45) is -9.21. The number of carbonyl (C=O) groups is 3. The molecule has 9 nitrogen and oxygen atoms in total. The molecule has 0 spiro atoms. The number of nitrogens with zero attached hydrogens (tertiary/aromatic N) is 1. The fraction of sp³-hybridized carbons (Fsp3) is 0.167. The van der Waals surface area contributed by atoms with Crippen LogP contribution in [0.15, 0.2) is 60.8 Å². The average Bonchev–Trinajstić information content (AvgIpc) is 2.84. The van der Waals surface area contributed by atoms with Gasteiger partial charge in [0.1, 0.15) is 11.6 Å². The predicted octanol–water partition coefficient (Wildman–Crippen LogP) is 4.77. The van der Waals surface area contributed by atoms with Crippen molar-refractivity contribution >= 4 is 35.0 Å². The Morgan fingerprint density at radius 1 is 0.974 bits per heavy atom. The molecule has 15 heteroatoms. The van der Waals surface area contributed by atoms with Crippen LogP contribution in [0.5, 0.6) is 5.75 Å². The van der Waals surface area contributed by atoms with Gasteiger partial charge >= 0.3 is 18.3 Å².